The van der Waals surface area contributed by atoms with Crippen molar-refractivity contribution in [3.63, 3.8) is 0 Å². The average Bonchev–Trinajstić information content (AvgIpc) is 1.02. The minimum absolute atomic E-state index is 0.235. The van der Waals surface area contributed by atoms with Crippen LogP contribution < -0.4 is 5.32 Å². The number of carbonyl (C=O) groups is 1. The summed E-state index contributed by atoms with van der Waals surface area (Å²) in [4.78, 5) is 13.1. The van der Waals surface area contributed by atoms with Crippen LogP contribution in [-0.2, 0) is 14.3 Å². The fourth-order valence-electron chi connectivity index (χ4n) is 10.6. The van der Waals surface area contributed by atoms with Gasteiger partial charge in [0, 0.05) is 6.42 Å². The van der Waals surface area contributed by atoms with E-state index in [1.807, 2.05) is 6.08 Å². The van der Waals surface area contributed by atoms with Crippen LogP contribution in [0.5, 0.6) is 0 Å². The molecule has 1 fully saturated rings. The summed E-state index contributed by atoms with van der Waals surface area (Å²) in [5.74, 6) is -0.239. The zero-order valence-corrected chi connectivity index (χ0v) is 58.9. The number of rotatable bonds is 63. The molecule has 9 heteroatoms. The Balaban J connectivity index is 2.22. The predicted octanol–water partition coefficient (Wildman–Crippen LogP) is 21.4. The van der Waals surface area contributed by atoms with E-state index in [9.17, 15) is 30.3 Å². The van der Waals surface area contributed by atoms with Gasteiger partial charge in [-0.05, 0) is 135 Å². The molecular weight excluding hydrogens is 1150 g/mol. The van der Waals surface area contributed by atoms with Gasteiger partial charge in [0.2, 0.25) is 5.91 Å². The lowest BCUT2D eigenvalue weighted by molar-refractivity contribution is -0.302. The third kappa shape index (κ3) is 58.4. The number of carbonyl (C=O) groups excluding carboxylic acids is 1. The fourth-order valence-corrected chi connectivity index (χ4v) is 10.6. The molecule has 7 unspecified atom stereocenters. The molecule has 6 N–H and O–H groups in total. The number of aliphatic hydroxyl groups excluding tert-OH is 5. The highest BCUT2D eigenvalue weighted by atomic mass is 16.7. The van der Waals surface area contributed by atoms with Crippen LogP contribution in [-0.4, -0.2) is 87.5 Å². The number of allylic oxidation sites excluding steroid dienone is 29. The van der Waals surface area contributed by atoms with Gasteiger partial charge in [0.15, 0.2) is 6.29 Å². The van der Waals surface area contributed by atoms with Crippen molar-refractivity contribution in [1.29, 1.82) is 0 Å². The Morgan fingerprint density at radius 1 is 0.376 bits per heavy atom. The first-order valence-electron chi connectivity index (χ1n) is 37.5. The van der Waals surface area contributed by atoms with Crippen LogP contribution >= 0.6 is 0 Å². The van der Waals surface area contributed by atoms with E-state index in [0.29, 0.717) is 12.8 Å². The van der Waals surface area contributed by atoms with E-state index in [1.54, 1.807) is 6.08 Å². The van der Waals surface area contributed by atoms with E-state index >= 15 is 0 Å². The topological polar surface area (TPSA) is 149 Å². The number of hydrogen-bond acceptors (Lipinski definition) is 8. The van der Waals surface area contributed by atoms with Crippen molar-refractivity contribution in [2.75, 3.05) is 13.2 Å². The second-order valence-electron chi connectivity index (χ2n) is 25.0. The van der Waals surface area contributed by atoms with Crippen molar-refractivity contribution in [1.82, 2.24) is 5.32 Å². The highest BCUT2D eigenvalue weighted by Gasteiger charge is 2.44. The standard InChI is InChI=1S/C84H137NO8/c1-3-5-7-9-11-13-15-17-19-21-23-25-27-29-31-33-35-36-37-38-39-40-41-42-44-46-48-50-52-54-56-58-60-62-64-66-68-70-72-74-80(88)85-77(76-92-84-83(91)82(90)81(89)79(75-86)93-84)78(87)73-71-69-67-65-63-61-59-57-55-53-51-49-47-45-43-34-32-30-28-26-24-22-20-18-16-14-12-10-8-6-4-2/h5,7,11,13,17,19,23,25,29,31,35-36,38-39,41-42,46,48,52,54-55,57-58,60,63-66,71,73,77-79,81-84,86-87,89-91H,3-4,6,8-10,12,14-16,18,20-22,24,26-28,30,32-34,37,40,43-45,47,49-51,53,56,59,61-62,67-70,72,74-76H2,1-2H3,(H,85,88)/b7-5-,13-11-,19-17-,25-23-,31-29-,36-35-,39-38-,42-41-,48-46-,54-52-,57-55+,60-58-,65-63+,66-64-,73-71+. The first-order chi connectivity index (χ1) is 45.8. The molecule has 1 heterocycles. The summed E-state index contributed by atoms with van der Waals surface area (Å²) in [7, 11) is 0. The van der Waals surface area contributed by atoms with E-state index in [1.165, 1.54) is 135 Å². The molecule has 0 aliphatic carbocycles. The van der Waals surface area contributed by atoms with Crippen LogP contribution in [0.25, 0.3) is 0 Å². The van der Waals surface area contributed by atoms with Gasteiger partial charge in [0.1, 0.15) is 24.4 Å². The van der Waals surface area contributed by atoms with E-state index in [2.05, 4.69) is 189 Å². The largest absolute Gasteiger partial charge is 0.394 e. The summed E-state index contributed by atoms with van der Waals surface area (Å²) in [5.41, 5.74) is 0. The maximum absolute atomic E-state index is 13.1. The highest BCUT2D eigenvalue weighted by Crippen LogP contribution is 2.23. The molecule has 0 spiro atoms. The van der Waals surface area contributed by atoms with E-state index in [0.717, 1.165) is 116 Å². The Hall–Kier alpha value is -4.71. The molecular formula is C84H137NO8. The predicted molar refractivity (Wildman–Crippen MR) is 400 cm³/mol. The summed E-state index contributed by atoms with van der Waals surface area (Å²) >= 11 is 0. The Labute approximate surface area is 570 Å². The van der Waals surface area contributed by atoms with Crippen molar-refractivity contribution < 1.29 is 39.8 Å². The van der Waals surface area contributed by atoms with Gasteiger partial charge in [-0.1, -0.05) is 325 Å². The molecule has 1 saturated heterocycles. The van der Waals surface area contributed by atoms with E-state index in [4.69, 9.17) is 9.47 Å². The van der Waals surface area contributed by atoms with Gasteiger partial charge < -0.3 is 40.3 Å². The molecule has 0 aromatic carbocycles. The SMILES string of the molecule is CC/C=C\C/C=C\C/C=C\C/C=C\C/C=C\C/C=C\C/C=C\C/C=C\C/C=C\C/C=C\C/C=C\C/C=C\CCCCC(=O)NC(COC1OC(CO)C(O)C(O)C1O)C(O)/C=C/CC/C=C/CC/C=C/CCCCCCCCCCCCCCCCCCCCCCC. The lowest BCUT2D eigenvalue weighted by Gasteiger charge is -2.40. The number of aliphatic hydroxyl groups is 5. The Bertz CT molecular complexity index is 2130. The van der Waals surface area contributed by atoms with Gasteiger partial charge >= 0.3 is 0 Å². The van der Waals surface area contributed by atoms with Gasteiger partial charge in [-0.25, -0.2) is 0 Å². The zero-order chi connectivity index (χ0) is 67.1. The molecule has 9 nitrogen and oxygen atoms in total. The molecule has 526 valence electrons. The summed E-state index contributed by atoms with van der Waals surface area (Å²) in [5, 5.41) is 54.7. The van der Waals surface area contributed by atoms with Gasteiger partial charge in [0.05, 0.1) is 25.4 Å². The number of unbranched alkanes of at least 4 members (excludes halogenated alkanes) is 25. The smallest absolute Gasteiger partial charge is 0.220 e. The van der Waals surface area contributed by atoms with Crippen molar-refractivity contribution in [3.8, 4) is 0 Å². The molecule has 0 aromatic rings. The fraction of sp³-hybridized carbons (Fsp3) is 0.631. The van der Waals surface area contributed by atoms with E-state index in [-0.39, 0.29) is 18.9 Å². The molecule has 1 rings (SSSR count). The number of amides is 1. The number of hydrogen-bond donors (Lipinski definition) is 6. The summed E-state index contributed by atoms with van der Waals surface area (Å²) in [6.07, 6.45) is 106. The van der Waals surface area contributed by atoms with Crippen LogP contribution in [0.4, 0.5) is 0 Å². The van der Waals surface area contributed by atoms with Crippen molar-refractivity contribution in [2.45, 2.75) is 326 Å². The molecule has 0 saturated carbocycles. The van der Waals surface area contributed by atoms with Gasteiger partial charge in [-0.3, -0.25) is 4.79 Å². The van der Waals surface area contributed by atoms with Crippen molar-refractivity contribution in [2.24, 2.45) is 0 Å². The van der Waals surface area contributed by atoms with Gasteiger partial charge in [-0.2, -0.15) is 0 Å². The first kappa shape index (κ1) is 86.3. The second-order valence-corrected chi connectivity index (χ2v) is 25.0. The molecule has 7 atom stereocenters. The van der Waals surface area contributed by atoms with Crippen LogP contribution in [0.3, 0.4) is 0 Å². The van der Waals surface area contributed by atoms with Crippen LogP contribution in [0.2, 0.25) is 0 Å². The molecule has 1 aliphatic rings. The normalized spacial score (nSPS) is 18.7. The van der Waals surface area contributed by atoms with Crippen molar-refractivity contribution >= 4 is 5.91 Å². The molecule has 93 heavy (non-hydrogen) atoms. The minimum Gasteiger partial charge on any atom is -0.394 e. The Kier molecular flexibility index (Phi) is 65.1. The van der Waals surface area contributed by atoms with Crippen LogP contribution in [0, 0.1) is 0 Å². The van der Waals surface area contributed by atoms with Gasteiger partial charge in [0.25, 0.3) is 0 Å². The zero-order valence-electron chi connectivity index (χ0n) is 58.9. The second kappa shape index (κ2) is 70.1. The van der Waals surface area contributed by atoms with Crippen LogP contribution in [0.15, 0.2) is 182 Å². The molecule has 1 aliphatic heterocycles. The summed E-state index contributed by atoms with van der Waals surface area (Å²) in [6, 6.07) is -0.868. The number of ether oxygens (including phenoxy) is 2. The Morgan fingerprint density at radius 2 is 0.677 bits per heavy atom. The summed E-state index contributed by atoms with van der Waals surface area (Å²) < 4.78 is 11.3. The monoisotopic (exact) mass is 1290 g/mol. The maximum Gasteiger partial charge on any atom is 0.220 e. The Morgan fingerprint density at radius 3 is 1.03 bits per heavy atom. The minimum atomic E-state index is -1.60. The third-order valence-electron chi connectivity index (χ3n) is 16.4. The quantitative estimate of drug-likeness (QED) is 0.0261. The lowest BCUT2D eigenvalue weighted by Crippen LogP contribution is -2.60. The lowest BCUT2D eigenvalue weighted by atomic mass is 9.99. The van der Waals surface area contributed by atoms with Crippen molar-refractivity contribution in [3.05, 3.63) is 182 Å². The third-order valence-corrected chi connectivity index (χ3v) is 16.4. The highest BCUT2D eigenvalue weighted by molar-refractivity contribution is 5.76. The molecule has 0 aromatic heterocycles. The van der Waals surface area contributed by atoms with Gasteiger partial charge in [-0.15, -0.1) is 0 Å². The molecule has 0 bridgehead atoms. The molecule has 0 radical (unpaired) electrons. The molecule has 1 amide bonds. The average molecular weight is 1290 g/mol. The first-order valence-corrected chi connectivity index (χ1v) is 37.5. The maximum atomic E-state index is 13.1. The summed E-state index contributed by atoms with van der Waals surface area (Å²) in [6.45, 7) is 3.63. The van der Waals surface area contributed by atoms with Crippen LogP contribution in [0.1, 0.15) is 284 Å². The van der Waals surface area contributed by atoms with E-state index < -0.39 is 49.5 Å². The number of nitrogens with one attached hydrogen (secondary N) is 1.